The van der Waals surface area contributed by atoms with Crippen molar-refractivity contribution < 1.29 is 4.79 Å². The Hall–Kier alpha value is -1.51. The Morgan fingerprint density at radius 2 is 2.19 bits per heavy atom. The maximum atomic E-state index is 11.8. The molecular weight excluding hydrogens is 200 g/mol. The number of amides is 1. The van der Waals surface area contributed by atoms with Crippen molar-refractivity contribution in [2.75, 3.05) is 11.1 Å². The number of anilines is 2. The zero-order valence-electron chi connectivity index (χ0n) is 10.2. The highest BCUT2D eigenvalue weighted by Crippen LogP contribution is 2.20. The van der Waals surface area contributed by atoms with Gasteiger partial charge in [0.2, 0.25) is 5.91 Å². The lowest BCUT2D eigenvalue weighted by atomic mass is 10.1. The number of nitrogens with one attached hydrogen (secondary N) is 1. The van der Waals surface area contributed by atoms with Gasteiger partial charge in [-0.1, -0.05) is 26.3 Å². The van der Waals surface area contributed by atoms with E-state index in [-0.39, 0.29) is 11.8 Å². The second kappa shape index (κ2) is 5.54. The molecular formula is C13H20N2O. The van der Waals surface area contributed by atoms with E-state index in [0.717, 1.165) is 18.4 Å². The van der Waals surface area contributed by atoms with E-state index in [1.54, 1.807) is 0 Å². The molecule has 0 bridgehead atoms. The van der Waals surface area contributed by atoms with Gasteiger partial charge >= 0.3 is 0 Å². The average Bonchev–Trinajstić information content (AvgIpc) is 2.22. The third kappa shape index (κ3) is 3.26. The maximum Gasteiger partial charge on any atom is 0.227 e. The van der Waals surface area contributed by atoms with Crippen LogP contribution in [0.3, 0.4) is 0 Å². The third-order valence-electron chi connectivity index (χ3n) is 2.63. The van der Waals surface area contributed by atoms with Crippen molar-refractivity contribution in [2.45, 2.75) is 33.6 Å². The topological polar surface area (TPSA) is 55.1 Å². The summed E-state index contributed by atoms with van der Waals surface area (Å²) >= 11 is 0. The van der Waals surface area contributed by atoms with Crippen LogP contribution in [0.15, 0.2) is 18.2 Å². The smallest absolute Gasteiger partial charge is 0.227 e. The second-order valence-corrected chi connectivity index (χ2v) is 4.27. The van der Waals surface area contributed by atoms with Crippen LogP contribution in [-0.2, 0) is 4.79 Å². The molecule has 1 aromatic carbocycles. The molecule has 1 aromatic rings. The van der Waals surface area contributed by atoms with Crippen molar-refractivity contribution in [2.24, 2.45) is 5.92 Å². The zero-order valence-corrected chi connectivity index (χ0v) is 10.2. The van der Waals surface area contributed by atoms with Crippen molar-refractivity contribution in [3.8, 4) is 0 Å². The minimum absolute atomic E-state index is 0.0331. The minimum Gasteiger partial charge on any atom is -0.397 e. The van der Waals surface area contributed by atoms with E-state index in [9.17, 15) is 4.79 Å². The molecule has 0 fully saturated rings. The number of carbonyl (C=O) groups is 1. The number of carbonyl (C=O) groups excluding carboxylic acids is 1. The van der Waals surface area contributed by atoms with Gasteiger partial charge in [0.25, 0.3) is 0 Å². The summed E-state index contributed by atoms with van der Waals surface area (Å²) in [6.07, 6.45) is 1.91. The molecule has 16 heavy (non-hydrogen) atoms. The highest BCUT2D eigenvalue weighted by molar-refractivity contribution is 5.95. The van der Waals surface area contributed by atoms with E-state index in [2.05, 4.69) is 12.2 Å². The Morgan fingerprint density at radius 1 is 1.50 bits per heavy atom. The SMILES string of the molecule is CCC[C@H](C)C(=O)Nc1ccc(C)cc1N. The molecule has 1 amide bonds. The summed E-state index contributed by atoms with van der Waals surface area (Å²) in [6, 6.07) is 5.65. The van der Waals surface area contributed by atoms with Crippen molar-refractivity contribution in [1.82, 2.24) is 0 Å². The van der Waals surface area contributed by atoms with E-state index >= 15 is 0 Å². The van der Waals surface area contributed by atoms with Crippen molar-refractivity contribution >= 4 is 17.3 Å². The molecule has 0 heterocycles. The molecule has 3 nitrogen and oxygen atoms in total. The van der Waals surface area contributed by atoms with Crippen LogP contribution in [0.25, 0.3) is 0 Å². The van der Waals surface area contributed by atoms with Gasteiger partial charge in [0, 0.05) is 5.92 Å². The fourth-order valence-corrected chi connectivity index (χ4v) is 1.62. The van der Waals surface area contributed by atoms with Crippen LogP contribution in [-0.4, -0.2) is 5.91 Å². The van der Waals surface area contributed by atoms with Crippen LogP contribution in [0.4, 0.5) is 11.4 Å². The van der Waals surface area contributed by atoms with Gasteiger partial charge in [-0.05, 0) is 31.0 Å². The molecule has 0 aliphatic rings. The number of hydrogen-bond donors (Lipinski definition) is 2. The van der Waals surface area contributed by atoms with Crippen molar-refractivity contribution in [3.63, 3.8) is 0 Å². The number of nitrogen functional groups attached to an aromatic ring is 1. The molecule has 0 saturated heterocycles. The molecule has 0 aromatic heterocycles. The summed E-state index contributed by atoms with van der Waals surface area (Å²) in [7, 11) is 0. The number of rotatable bonds is 4. The minimum atomic E-state index is 0.0331. The van der Waals surface area contributed by atoms with Gasteiger partial charge in [0.15, 0.2) is 0 Å². The molecule has 0 radical (unpaired) electrons. The van der Waals surface area contributed by atoms with Crippen LogP contribution in [0.5, 0.6) is 0 Å². The molecule has 0 unspecified atom stereocenters. The second-order valence-electron chi connectivity index (χ2n) is 4.27. The number of nitrogens with two attached hydrogens (primary N) is 1. The van der Waals surface area contributed by atoms with Gasteiger partial charge < -0.3 is 11.1 Å². The Balaban J connectivity index is 2.69. The molecule has 3 N–H and O–H groups in total. The van der Waals surface area contributed by atoms with Crippen molar-refractivity contribution in [1.29, 1.82) is 0 Å². The highest BCUT2D eigenvalue weighted by atomic mass is 16.1. The number of hydrogen-bond acceptors (Lipinski definition) is 2. The Kier molecular flexibility index (Phi) is 4.35. The van der Waals surface area contributed by atoms with Gasteiger partial charge in [0.05, 0.1) is 11.4 Å². The summed E-state index contributed by atoms with van der Waals surface area (Å²) in [5.74, 6) is 0.0723. The quantitative estimate of drug-likeness (QED) is 0.766. The lowest BCUT2D eigenvalue weighted by Gasteiger charge is -2.13. The van der Waals surface area contributed by atoms with Gasteiger partial charge in [-0.25, -0.2) is 0 Å². The normalized spacial score (nSPS) is 12.2. The Bertz CT molecular complexity index is 374. The van der Waals surface area contributed by atoms with Crippen LogP contribution in [0.2, 0.25) is 0 Å². The summed E-state index contributed by atoms with van der Waals surface area (Å²) in [4.78, 5) is 11.8. The molecule has 0 aliphatic carbocycles. The fraction of sp³-hybridized carbons (Fsp3) is 0.462. The molecule has 88 valence electrons. The first-order chi connectivity index (χ1) is 7.54. The first-order valence-corrected chi connectivity index (χ1v) is 5.71. The Morgan fingerprint density at radius 3 is 2.75 bits per heavy atom. The molecule has 0 spiro atoms. The lowest BCUT2D eigenvalue weighted by Crippen LogP contribution is -2.20. The largest absolute Gasteiger partial charge is 0.397 e. The van der Waals surface area contributed by atoms with Gasteiger partial charge in [0.1, 0.15) is 0 Å². The molecule has 0 aliphatic heterocycles. The number of aryl methyl sites for hydroxylation is 1. The summed E-state index contributed by atoms with van der Waals surface area (Å²) in [6.45, 7) is 5.98. The van der Waals surface area contributed by atoms with Crippen LogP contribution in [0, 0.1) is 12.8 Å². The molecule has 3 heteroatoms. The van der Waals surface area contributed by atoms with E-state index in [1.807, 2.05) is 32.0 Å². The van der Waals surface area contributed by atoms with Gasteiger partial charge in [-0.3, -0.25) is 4.79 Å². The highest BCUT2D eigenvalue weighted by Gasteiger charge is 2.12. The predicted octanol–water partition coefficient (Wildman–Crippen LogP) is 2.95. The van der Waals surface area contributed by atoms with Crippen LogP contribution < -0.4 is 11.1 Å². The summed E-state index contributed by atoms with van der Waals surface area (Å²) < 4.78 is 0. The standard InChI is InChI=1S/C13H20N2O/c1-4-5-10(3)13(16)15-12-7-6-9(2)8-11(12)14/h6-8,10H,4-5,14H2,1-3H3,(H,15,16)/t10-/m0/s1. The van der Waals surface area contributed by atoms with Crippen LogP contribution >= 0.6 is 0 Å². The van der Waals surface area contributed by atoms with Gasteiger partial charge in [-0.2, -0.15) is 0 Å². The van der Waals surface area contributed by atoms with E-state index in [0.29, 0.717) is 11.4 Å². The summed E-state index contributed by atoms with van der Waals surface area (Å²) in [5, 5.41) is 2.86. The van der Waals surface area contributed by atoms with Gasteiger partial charge in [-0.15, -0.1) is 0 Å². The maximum absolute atomic E-state index is 11.8. The van der Waals surface area contributed by atoms with Crippen molar-refractivity contribution in [3.05, 3.63) is 23.8 Å². The van der Waals surface area contributed by atoms with E-state index < -0.39 is 0 Å². The van der Waals surface area contributed by atoms with Crippen LogP contribution in [0.1, 0.15) is 32.3 Å². The lowest BCUT2D eigenvalue weighted by molar-refractivity contribution is -0.119. The average molecular weight is 220 g/mol. The van der Waals surface area contributed by atoms with E-state index in [1.165, 1.54) is 0 Å². The first-order valence-electron chi connectivity index (χ1n) is 5.71. The molecule has 1 atom stereocenters. The fourth-order valence-electron chi connectivity index (χ4n) is 1.62. The van der Waals surface area contributed by atoms with E-state index in [4.69, 9.17) is 5.73 Å². The Labute approximate surface area is 97.0 Å². The first kappa shape index (κ1) is 12.6. The monoisotopic (exact) mass is 220 g/mol. The number of benzene rings is 1. The molecule has 0 saturated carbocycles. The molecule has 1 rings (SSSR count). The third-order valence-corrected chi connectivity index (χ3v) is 2.63. The zero-order chi connectivity index (χ0) is 12.1. The summed E-state index contributed by atoms with van der Waals surface area (Å²) in [5.41, 5.74) is 8.25. The predicted molar refractivity (Wildman–Crippen MR) is 68.3 cm³/mol.